The minimum Gasteiger partial charge on any atom is -0.339 e. The fourth-order valence-corrected chi connectivity index (χ4v) is 4.04. The molecule has 0 unspecified atom stereocenters. The summed E-state index contributed by atoms with van der Waals surface area (Å²) in [4.78, 5) is 32.6. The van der Waals surface area contributed by atoms with Gasteiger partial charge in [0.15, 0.2) is 5.13 Å². The van der Waals surface area contributed by atoms with Crippen LogP contribution in [0.15, 0.2) is 41.8 Å². The van der Waals surface area contributed by atoms with Gasteiger partial charge in [0, 0.05) is 31.5 Å². The van der Waals surface area contributed by atoms with E-state index in [2.05, 4.69) is 4.98 Å². The third kappa shape index (κ3) is 5.26. The maximum absolute atomic E-state index is 12.5. The number of likely N-dealkylation sites (tertiary alicyclic amines) is 1. The van der Waals surface area contributed by atoms with Crippen molar-refractivity contribution in [2.45, 2.75) is 39.0 Å². The quantitative estimate of drug-likeness (QED) is 0.723. The Morgan fingerprint density at radius 2 is 1.74 bits per heavy atom. The number of aromatic nitrogens is 1. The van der Waals surface area contributed by atoms with Crippen molar-refractivity contribution in [3.63, 3.8) is 0 Å². The standard InChI is InChI=1S/C21H25N3O2S/c1-17(25)24(19-10-6-5-7-11-19)21-22-18(16-27-21)12-13-20(26)23-14-8-3-2-4-9-15-23/h5-7,10-13,16H,2-4,8-9,14-15H2,1H3/b13-12+. The molecule has 3 rings (SSSR count). The molecule has 0 bridgehead atoms. The molecule has 27 heavy (non-hydrogen) atoms. The average molecular weight is 384 g/mol. The fraction of sp³-hybridized carbons (Fsp3) is 0.381. The number of carbonyl (C=O) groups excluding carboxylic acids is 2. The summed E-state index contributed by atoms with van der Waals surface area (Å²) in [5.74, 6) is -0.0549. The third-order valence-electron chi connectivity index (χ3n) is 4.59. The molecule has 1 aromatic heterocycles. The second kappa shape index (κ2) is 9.46. The number of amides is 2. The summed E-state index contributed by atoms with van der Waals surface area (Å²) >= 11 is 1.39. The van der Waals surface area contributed by atoms with Crippen LogP contribution in [-0.2, 0) is 9.59 Å². The van der Waals surface area contributed by atoms with Crippen LogP contribution in [0.5, 0.6) is 0 Å². The number of rotatable bonds is 4. The van der Waals surface area contributed by atoms with Crippen molar-refractivity contribution in [1.29, 1.82) is 0 Å². The Hall–Kier alpha value is -2.47. The van der Waals surface area contributed by atoms with E-state index in [0.717, 1.165) is 31.6 Å². The predicted octanol–water partition coefficient (Wildman–Crippen LogP) is 4.63. The summed E-state index contributed by atoms with van der Waals surface area (Å²) < 4.78 is 0. The third-order valence-corrected chi connectivity index (χ3v) is 5.44. The maximum atomic E-state index is 12.5. The number of hydrogen-bond acceptors (Lipinski definition) is 4. The molecule has 0 saturated carbocycles. The van der Waals surface area contributed by atoms with Gasteiger partial charge in [-0.25, -0.2) is 4.98 Å². The van der Waals surface area contributed by atoms with Gasteiger partial charge in [0.25, 0.3) is 0 Å². The molecule has 0 spiro atoms. The van der Waals surface area contributed by atoms with Crippen molar-refractivity contribution in [3.05, 3.63) is 47.5 Å². The van der Waals surface area contributed by atoms with Crippen LogP contribution in [0.25, 0.3) is 6.08 Å². The summed E-state index contributed by atoms with van der Waals surface area (Å²) in [5.41, 5.74) is 1.48. The van der Waals surface area contributed by atoms with Crippen LogP contribution in [0.4, 0.5) is 10.8 Å². The molecule has 1 aromatic carbocycles. The zero-order valence-electron chi connectivity index (χ0n) is 15.6. The number of benzene rings is 1. The molecule has 0 N–H and O–H groups in total. The van der Waals surface area contributed by atoms with Crippen molar-refractivity contribution in [2.24, 2.45) is 0 Å². The summed E-state index contributed by atoms with van der Waals surface area (Å²) in [6.45, 7) is 3.19. The molecule has 5 nitrogen and oxygen atoms in total. The van der Waals surface area contributed by atoms with Gasteiger partial charge in [0.2, 0.25) is 11.8 Å². The summed E-state index contributed by atoms with van der Waals surface area (Å²) in [6, 6.07) is 9.45. The van der Waals surface area contributed by atoms with Crippen LogP contribution in [-0.4, -0.2) is 34.8 Å². The van der Waals surface area contributed by atoms with E-state index in [9.17, 15) is 9.59 Å². The van der Waals surface area contributed by atoms with Crippen molar-refractivity contribution < 1.29 is 9.59 Å². The number of hydrogen-bond donors (Lipinski definition) is 0. The first kappa shape index (κ1) is 19.3. The molecule has 1 fully saturated rings. The van der Waals surface area contributed by atoms with E-state index in [4.69, 9.17) is 0 Å². The molecule has 2 aromatic rings. The van der Waals surface area contributed by atoms with Gasteiger partial charge in [-0.15, -0.1) is 11.3 Å². The zero-order valence-corrected chi connectivity index (χ0v) is 16.5. The molecule has 1 aliphatic heterocycles. The lowest BCUT2D eigenvalue weighted by atomic mass is 10.1. The highest BCUT2D eigenvalue weighted by Gasteiger charge is 2.17. The summed E-state index contributed by atoms with van der Waals surface area (Å²) in [7, 11) is 0. The Kier molecular flexibility index (Phi) is 6.76. The van der Waals surface area contributed by atoms with Crippen molar-refractivity contribution in [3.8, 4) is 0 Å². The van der Waals surface area contributed by atoms with Crippen LogP contribution in [0.3, 0.4) is 0 Å². The van der Waals surface area contributed by atoms with Gasteiger partial charge in [-0.3, -0.25) is 14.5 Å². The van der Waals surface area contributed by atoms with Gasteiger partial charge in [0.05, 0.1) is 11.4 Å². The van der Waals surface area contributed by atoms with E-state index in [-0.39, 0.29) is 11.8 Å². The van der Waals surface area contributed by atoms with E-state index in [1.54, 1.807) is 17.1 Å². The van der Waals surface area contributed by atoms with Crippen molar-refractivity contribution >= 4 is 40.0 Å². The first-order valence-electron chi connectivity index (χ1n) is 9.43. The molecule has 0 radical (unpaired) electrons. The largest absolute Gasteiger partial charge is 0.339 e. The van der Waals surface area contributed by atoms with E-state index in [1.165, 1.54) is 37.5 Å². The Morgan fingerprint density at radius 3 is 2.41 bits per heavy atom. The van der Waals surface area contributed by atoms with Crippen LogP contribution in [0.2, 0.25) is 0 Å². The minimum atomic E-state index is -0.0946. The Labute approximate surface area is 164 Å². The van der Waals surface area contributed by atoms with Crippen molar-refractivity contribution in [1.82, 2.24) is 9.88 Å². The lowest BCUT2D eigenvalue weighted by molar-refractivity contribution is -0.126. The lowest BCUT2D eigenvalue weighted by Gasteiger charge is -2.23. The van der Waals surface area contributed by atoms with Gasteiger partial charge < -0.3 is 4.90 Å². The van der Waals surface area contributed by atoms with Gasteiger partial charge in [-0.2, -0.15) is 0 Å². The minimum absolute atomic E-state index is 0.0398. The number of para-hydroxylation sites is 1. The van der Waals surface area contributed by atoms with Gasteiger partial charge >= 0.3 is 0 Å². The van der Waals surface area contributed by atoms with E-state index < -0.39 is 0 Å². The SMILES string of the molecule is CC(=O)N(c1ccccc1)c1nc(/C=C/C(=O)N2CCCCCCC2)cs1. The van der Waals surface area contributed by atoms with E-state index in [0.29, 0.717) is 10.8 Å². The predicted molar refractivity (Wildman–Crippen MR) is 110 cm³/mol. The monoisotopic (exact) mass is 383 g/mol. The summed E-state index contributed by atoms with van der Waals surface area (Å²) in [6.07, 6.45) is 9.15. The highest BCUT2D eigenvalue weighted by Crippen LogP contribution is 2.29. The van der Waals surface area contributed by atoms with Gasteiger partial charge in [-0.05, 0) is 31.1 Å². The van der Waals surface area contributed by atoms with Gasteiger partial charge in [-0.1, -0.05) is 37.5 Å². The Morgan fingerprint density at radius 1 is 1.07 bits per heavy atom. The highest BCUT2D eigenvalue weighted by atomic mass is 32.1. The number of carbonyl (C=O) groups is 2. The first-order valence-corrected chi connectivity index (χ1v) is 10.3. The number of nitrogens with zero attached hydrogens (tertiary/aromatic N) is 3. The van der Waals surface area contributed by atoms with Gasteiger partial charge in [0.1, 0.15) is 0 Å². The van der Waals surface area contributed by atoms with Crippen LogP contribution in [0.1, 0.15) is 44.7 Å². The fourth-order valence-electron chi connectivity index (χ4n) is 3.19. The van der Waals surface area contributed by atoms with Crippen LogP contribution >= 0.6 is 11.3 Å². The molecule has 6 heteroatoms. The molecule has 1 saturated heterocycles. The highest BCUT2D eigenvalue weighted by molar-refractivity contribution is 7.14. The molecular formula is C21H25N3O2S. The van der Waals surface area contributed by atoms with E-state index >= 15 is 0 Å². The summed E-state index contributed by atoms with van der Waals surface area (Å²) in [5, 5.41) is 2.47. The van der Waals surface area contributed by atoms with E-state index in [1.807, 2.05) is 40.6 Å². The Balaban J connectivity index is 1.70. The molecule has 2 heterocycles. The second-order valence-electron chi connectivity index (χ2n) is 6.67. The molecule has 142 valence electrons. The molecule has 0 atom stereocenters. The molecule has 0 aliphatic carbocycles. The molecule has 1 aliphatic rings. The van der Waals surface area contributed by atoms with Crippen molar-refractivity contribution in [2.75, 3.05) is 18.0 Å². The second-order valence-corrected chi connectivity index (χ2v) is 7.51. The number of thiazole rings is 1. The lowest BCUT2D eigenvalue weighted by Crippen LogP contribution is -2.32. The van der Waals surface area contributed by atoms with Crippen LogP contribution < -0.4 is 4.90 Å². The maximum Gasteiger partial charge on any atom is 0.246 e. The molecule has 2 amide bonds. The molecular weight excluding hydrogens is 358 g/mol. The zero-order chi connectivity index (χ0) is 19.1. The van der Waals surface area contributed by atoms with Crippen LogP contribution in [0, 0.1) is 0 Å². The number of anilines is 2. The topological polar surface area (TPSA) is 53.5 Å². The average Bonchev–Trinajstić information content (AvgIpc) is 3.08. The smallest absolute Gasteiger partial charge is 0.246 e. The normalized spacial score (nSPS) is 15.4. The first-order chi connectivity index (χ1) is 13.1. The Bertz CT molecular complexity index is 793.